The lowest BCUT2D eigenvalue weighted by molar-refractivity contribution is -0.147. The monoisotopic (exact) mass is 264 g/mol. The first-order chi connectivity index (χ1) is 9.10. The lowest BCUT2D eigenvalue weighted by Gasteiger charge is -2.22. The van der Waals surface area contributed by atoms with Gasteiger partial charge in [0.15, 0.2) is 11.5 Å². The SMILES string of the molecule is COc1ccc(C2CCC(=O)OC2)cc1OC(C)=O. The second-order valence-electron chi connectivity index (χ2n) is 4.42. The topological polar surface area (TPSA) is 61.8 Å². The number of carbonyl (C=O) groups excluding carboxylic acids is 2. The van der Waals surface area contributed by atoms with Crippen molar-refractivity contribution >= 4 is 11.9 Å². The van der Waals surface area contributed by atoms with Gasteiger partial charge in [-0.2, -0.15) is 0 Å². The Bertz CT molecular complexity index is 485. The lowest BCUT2D eigenvalue weighted by atomic mass is 9.93. The molecule has 5 heteroatoms. The van der Waals surface area contributed by atoms with E-state index in [2.05, 4.69) is 0 Å². The van der Waals surface area contributed by atoms with Crippen LogP contribution < -0.4 is 9.47 Å². The van der Waals surface area contributed by atoms with Crippen molar-refractivity contribution in [2.75, 3.05) is 13.7 Å². The molecular weight excluding hydrogens is 248 g/mol. The van der Waals surface area contributed by atoms with Crippen LogP contribution in [0, 0.1) is 0 Å². The summed E-state index contributed by atoms with van der Waals surface area (Å²) in [6, 6.07) is 5.42. The first-order valence-electron chi connectivity index (χ1n) is 6.12. The number of methoxy groups -OCH3 is 1. The van der Waals surface area contributed by atoms with Crippen molar-refractivity contribution in [2.45, 2.75) is 25.7 Å². The molecule has 1 aliphatic rings. The molecule has 0 radical (unpaired) electrons. The minimum absolute atomic E-state index is 0.137. The summed E-state index contributed by atoms with van der Waals surface area (Å²) >= 11 is 0. The van der Waals surface area contributed by atoms with E-state index >= 15 is 0 Å². The maximum atomic E-state index is 11.1. The quantitative estimate of drug-likeness (QED) is 0.617. The Hall–Kier alpha value is -2.04. The molecule has 0 aromatic heterocycles. The molecule has 1 heterocycles. The highest BCUT2D eigenvalue weighted by Crippen LogP contribution is 2.34. The molecule has 1 saturated heterocycles. The van der Waals surface area contributed by atoms with Gasteiger partial charge in [-0.15, -0.1) is 0 Å². The van der Waals surface area contributed by atoms with Crippen LogP contribution in [-0.2, 0) is 14.3 Å². The van der Waals surface area contributed by atoms with Gasteiger partial charge in [0.1, 0.15) is 0 Å². The minimum atomic E-state index is -0.398. The fourth-order valence-electron chi connectivity index (χ4n) is 2.09. The van der Waals surface area contributed by atoms with E-state index in [0.717, 1.165) is 12.0 Å². The highest BCUT2D eigenvalue weighted by Gasteiger charge is 2.22. The summed E-state index contributed by atoms with van der Waals surface area (Å²) in [5, 5.41) is 0. The summed E-state index contributed by atoms with van der Waals surface area (Å²) in [4.78, 5) is 22.1. The number of hydrogen-bond donors (Lipinski definition) is 0. The largest absolute Gasteiger partial charge is 0.493 e. The first kappa shape index (κ1) is 13.4. The fraction of sp³-hybridized carbons (Fsp3) is 0.429. The molecular formula is C14H16O5. The van der Waals surface area contributed by atoms with Crippen LogP contribution in [0.1, 0.15) is 31.2 Å². The van der Waals surface area contributed by atoms with Crippen LogP contribution >= 0.6 is 0 Å². The normalized spacial score (nSPS) is 18.6. The smallest absolute Gasteiger partial charge is 0.308 e. The highest BCUT2D eigenvalue weighted by molar-refractivity contribution is 5.71. The number of esters is 2. The zero-order chi connectivity index (χ0) is 13.8. The van der Waals surface area contributed by atoms with E-state index in [1.165, 1.54) is 14.0 Å². The maximum absolute atomic E-state index is 11.1. The summed E-state index contributed by atoms with van der Waals surface area (Å²) in [5.74, 6) is 0.476. The van der Waals surface area contributed by atoms with Gasteiger partial charge in [-0.1, -0.05) is 6.07 Å². The predicted molar refractivity (Wildman–Crippen MR) is 67.2 cm³/mol. The first-order valence-corrected chi connectivity index (χ1v) is 6.12. The van der Waals surface area contributed by atoms with E-state index in [1.54, 1.807) is 12.1 Å². The molecule has 0 N–H and O–H groups in total. The molecule has 0 aliphatic carbocycles. The molecule has 2 rings (SSSR count). The van der Waals surface area contributed by atoms with Crippen LogP contribution in [0.3, 0.4) is 0 Å². The zero-order valence-electron chi connectivity index (χ0n) is 11.0. The number of hydrogen-bond acceptors (Lipinski definition) is 5. The number of ether oxygens (including phenoxy) is 3. The highest BCUT2D eigenvalue weighted by atomic mass is 16.6. The van der Waals surface area contributed by atoms with E-state index < -0.39 is 5.97 Å². The molecule has 1 unspecified atom stereocenters. The standard InChI is InChI=1S/C14H16O5/c1-9(15)19-13-7-10(3-5-12(13)17-2)11-4-6-14(16)18-8-11/h3,5,7,11H,4,6,8H2,1-2H3. The van der Waals surface area contributed by atoms with Gasteiger partial charge in [-0.3, -0.25) is 9.59 Å². The van der Waals surface area contributed by atoms with Gasteiger partial charge in [-0.25, -0.2) is 0 Å². The maximum Gasteiger partial charge on any atom is 0.308 e. The third-order valence-electron chi connectivity index (χ3n) is 3.06. The summed E-state index contributed by atoms with van der Waals surface area (Å²) in [6.07, 6.45) is 1.16. The van der Waals surface area contributed by atoms with Gasteiger partial charge in [0.2, 0.25) is 0 Å². The van der Waals surface area contributed by atoms with E-state index in [4.69, 9.17) is 14.2 Å². The van der Waals surface area contributed by atoms with Crippen LogP contribution in [0.25, 0.3) is 0 Å². The predicted octanol–water partition coefficient (Wildman–Crippen LogP) is 2.04. The summed E-state index contributed by atoms with van der Waals surface area (Å²) < 4.78 is 15.3. The van der Waals surface area contributed by atoms with E-state index in [1.807, 2.05) is 6.07 Å². The Morgan fingerprint density at radius 3 is 2.74 bits per heavy atom. The van der Waals surface area contributed by atoms with Crippen LogP contribution in [-0.4, -0.2) is 25.7 Å². The molecule has 0 bridgehead atoms. The van der Waals surface area contributed by atoms with Crippen molar-refractivity contribution in [2.24, 2.45) is 0 Å². The van der Waals surface area contributed by atoms with E-state index in [0.29, 0.717) is 24.5 Å². The lowest BCUT2D eigenvalue weighted by Crippen LogP contribution is -2.20. The summed E-state index contributed by atoms with van der Waals surface area (Å²) in [7, 11) is 1.52. The summed E-state index contributed by atoms with van der Waals surface area (Å²) in [6.45, 7) is 1.71. The molecule has 102 valence electrons. The van der Waals surface area contributed by atoms with Gasteiger partial charge in [0.05, 0.1) is 13.7 Å². The molecule has 0 saturated carbocycles. The Labute approximate surface area is 111 Å². The third-order valence-corrected chi connectivity index (χ3v) is 3.06. The zero-order valence-corrected chi connectivity index (χ0v) is 11.0. The number of rotatable bonds is 3. The Kier molecular flexibility index (Phi) is 4.04. The second-order valence-corrected chi connectivity index (χ2v) is 4.42. The van der Waals surface area contributed by atoms with Crippen LogP contribution in [0.15, 0.2) is 18.2 Å². The Morgan fingerprint density at radius 1 is 1.37 bits per heavy atom. The molecule has 1 atom stereocenters. The van der Waals surface area contributed by atoms with E-state index in [9.17, 15) is 9.59 Å². The van der Waals surface area contributed by atoms with Crippen molar-refractivity contribution in [1.29, 1.82) is 0 Å². The van der Waals surface area contributed by atoms with Gasteiger partial charge >= 0.3 is 11.9 Å². The Morgan fingerprint density at radius 2 is 2.16 bits per heavy atom. The summed E-state index contributed by atoms with van der Waals surface area (Å²) in [5.41, 5.74) is 0.976. The molecule has 1 aromatic rings. The van der Waals surface area contributed by atoms with Gasteiger partial charge in [-0.05, 0) is 24.1 Å². The van der Waals surface area contributed by atoms with E-state index in [-0.39, 0.29) is 11.9 Å². The van der Waals surface area contributed by atoms with Crippen LogP contribution in [0.4, 0.5) is 0 Å². The van der Waals surface area contributed by atoms with Crippen LogP contribution in [0.2, 0.25) is 0 Å². The van der Waals surface area contributed by atoms with Crippen LogP contribution in [0.5, 0.6) is 11.5 Å². The number of cyclic esters (lactones) is 1. The minimum Gasteiger partial charge on any atom is -0.493 e. The molecule has 19 heavy (non-hydrogen) atoms. The molecule has 0 amide bonds. The van der Waals surface area contributed by atoms with Crippen molar-refractivity contribution < 1.29 is 23.8 Å². The molecule has 5 nitrogen and oxygen atoms in total. The van der Waals surface area contributed by atoms with Crippen molar-refractivity contribution in [3.8, 4) is 11.5 Å². The molecule has 0 spiro atoms. The average molecular weight is 264 g/mol. The Balaban J connectivity index is 2.21. The number of benzene rings is 1. The average Bonchev–Trinajstić information content (AvgIpc) is 2.39. The van der Waals surface area contributed by atoms with Gasteiger partial charge < -0.3 is 14.2 Å². The van der Waals surface area contributed by atoms with Crippen molar-refractivity contribution in [1.82, 2.24) is 0 Å². The molecule has 1 aliphatic heterocycles. The fourth-order valence-corrected chi connectivity index (χ4v) is 2.09. The van der Waals surface area contributed by atoms with Crippen molar-refractivity contribution in [3.63, 3.8) is 0 Å². The molecule has 1 fully saturated rings. The van der Waals surface area contributed by atoms with Crippen molar-refractivity contribution in [3.05, 3.63) is 23.8 Å². The van der Waals surface area contributed by atoms with Gasteiger partial charge in [0, 0.05) is 19.3 Å². The third kappa shape index (κ3) is 3.24. The molecule has 1 aromatic carbocycles. The van der Waals surface area contributed by atoms with Gasteiger partial charge in [0.25, 0.3) is 0 Å². The number of carbonyl (C=O) groups is 2. The second kappa shape index (κ2) is 5.73.